The Bertz CT molecular complexity index is 438. The molecular formula is C9H9FN4. The van der Waals surface area contributed by atoms with Crippen LogP contribution in [0.3, 0.4) is 0 Å². The Morgan fingerprint density at radius 1 is 1.43 bits per heavy atom. The van der Waals surface area contributed by atoms with Crippen LogP contribution in [0.2, 0.25) is 0 Å². The van der Waals surface area contributed by atoms with Gasteiger partial charge in [-0.1, -0.05) is 11.3 Å². The van der Waals surface area contributed by atoms with Crippen molar-refractivity contribution in [2.75, 3.05) is 0 Å². The van der Waals surface area contributed by atoms with E-state index in [-0.39, 0.29) is 5.82 Å². The highest BCUT2D eigenvalue weighted by atomic mass is 19.1. The zero-order valence-electron chi connectivity index (χ0n) is 7.39. The first-order chi connectivity index (χ1) is 6.79. The minimum atomic E-state index is -0.299. The molecule has 72 valence electrons. The normalized spacial score (nSPS) is 10.4. The molecule has 2 N–H and O–H groups in total. The molecule has 1 aromatic heterocycles. The lowest BCUT2D eigenvalue weighted by Gasteiger charge is -1.98. The lowest BCUT2D eigenvalue weighted by molar-refractivity contribution is 0.625. The van der Waals surface area contributed by atoms with Crippen LogP contribution in [-0.4, -0.2) is 15.0 Å². The van der Waals surface area contributed by atoms with E-state index in [0.29, 0.717) is 17.9 Å². The summed E-state index contributed by atoms with van der Waals surface area (Å²) in [4.78, 5) is 0. The van der Waals surface area contributed by atoms with Gasteiger partial charge in [0, 0.05) is 6.54 Å². The topological polar surface area (TPSA) is 56.7 Å². The Kier molecular flexibility index (Phi) is 2.24. The Morgan fingerprint density at radius 3 is 2.93 bits per heavy atom. The van der Waals surface area contributed by atoms with Crippen LogP contribution in [0.4, 0.5) is 4.39 Å². The summed E-state index contributed by atoms with van der Waals surface area (Å²) in [6, 6.07) is 6.13. The molecule has 5 heteroatoms. The van der Waals surface area contributed by atoms with Gasteiger partial charge in [-0.05, 0) is 18.2 Å². The van der Waals surface area contributed by atoms with Crippen molar-refractivity contribution in [3.05, 3.63) is 42.0 Å². The molecule has 0 radical (unpaired) electrons. The van der Waals surface area contributed by atoms with Crippen molar-refractivity contribution in [1.82, 2.24) is 15.0 Å². The highest BCUT2D eigenvalue weighted by molar-refractivity contribution is 5.30. The second-order valence-corrected chi connectivity index (χ2v) is 2.84. The van der Waals surface area contributed by atoms with Crippen molar-refractivity contribution in [1.29, 1.82) is 0 Å². The van der Waals surface area contributed by atoms with Crippen molar-refractivity contribution in [3.8, 4) is 5.69 Å². The smallest absolute Gasteiger partial charge is 0.125 e. The molecule has 0 unspecified atom stereocenters. The second kappa shape index (κ2) is 3.55. The van der Waals surface area contributed by atoms with Gasteiger partial charge in [0.15, 0.2) is 0 Å². The molecule has 0 saturated heterocycles. The Morgan fingerprint density at radius 2 is 2.29 bits per heavy atom. The molecule has 0 bridgehead atoms. The van der Waals surface area contributed by atoms with Crippen LogP contribution < -0.4 is 5.73 Å². The first kappa shape index (κ1) is 8.83. The number of hydrogen-bond donors (Lipinski definition) is 1. The molecule has 0 aliphatic carbocycles. The first-order valence-corrected chi connectivity index (χ1v) is 4.17. The number of aromatic nitrogens is 3. The zero-order valence-corrected chi connectivity index (χ0v) is 7.39. The van der Waals surface area contributed by atoms with Crippen molar-refractivity contribution in [2.45, 2.75) is 6.54 Å². The van der Waals surface area contributed by atoms with Gasteiger partial charge in [0.05, 0.1) is 17.6 Å². The average Bonchev–Trinajstić information content (AvgIpc) is 2.66. The van der Waals surface area contributed by atoms with E-state index in [1.165, 1.54) is 16.8 Å². The number of benzene rings is 1. The monoisotopic (exact) mass is 192 g/mol. The summed E-state index contributed by atoms with van der Waals surface area (Å²) < 4.78 is 14.3. The molecule has 2 rings (SSSR count). The van der Waals surface area contributed by atoms with Gasteiger partial charge in [-0.15, -0.1) is 5.10 Å². The van der Waals surface area contributed by atoms with E-state index in [4.69, 9.17) is 5.73 Å². The fourth-order valence-electron chi connectivity index (χ4n) is 1.14. The van der Waals surface area contributed by atoms with Gasteiger partial charge in [0.25, 0.3) is 0 Å². The first-order valence-electron chi connectivity index (χ1n) is 4.17. The van der Waals surface area contributed by atoms with Gasteiger partial charge in [0.1, 0.15) is 5.82 Å². The largest absolute Gasteiger partial charge is 0.325 e. The lowest BCUT2D eigenvalue weighted by atomic mass is 10.3. The standard InChI is InChI=1S/C9H9FN4/c10-7-2-1-3-9(4-7)14-6-8(5-11)12-13-14/h1-4,6H,5,11H2. The molecule has 0 spiro atoms. The molecule has 0 amide bonds. The van der Waals surface area contributed by atoms with E-state index < -0.39 is 0 Å². The highest BCUT2D eigenvalue weighted by Crippen LogP contribution is 2.08. The maximum absolute atomic E-state index is 12.9. The highest BCUT2D eigenvalue weighted by Gasteiger charge is 2.01. The predicted octanol–water partition coefficient (Wildman–Crippen LogP) is 0.865. The van der Waals surface area contributed by atoms with Crippen molar-refractivity contribution >= 4 is 0 Å². The van der Waals surface area contributed by atoms with E-state index in [9.17, 15) is 4.39 Å². The number of hydrogen-bond acceptors (Lipinski definition) is 3. The zero-order chi connectivity index (χ0) is 9.97. The summed E-state index contributed by atoms with van der Waals surface area (Å²) in [5.41, 5.74) is 6.69. The summed E-state index contributed by atoms with van der Waals surface area (Å²) in [6.45, 7) is 0.329. The maximum Gasteiger partial charge on any atom is 0.125 e. The fraction of sp³-hybridized carbons (Fsp3) is 0.111. The van der Waals surface area contributed by atoms with E-state index in [1.807, 2.05) is 0 Å². The second-order valence-electron chi connectivity index (χ2n) is 2.84. The number of rotatable bonds is 2. The van der Waals surface area contributed by atoms with Crippen LogP contribution in [0.25, 0.3) is 5.69 Å². The molecule has 1 heterocycles. The number of nitrogens with two attached hydrogens (primary N) is 1. The maximum atomic E-state index is 12.9. The fourth-order valence-corrected chi connectivity index (χ4v) is 1.14. The summed E-state index contributed by atoms with van der Waals surface area (Å²) in [5.74, 6) is -0.299. The van der Waals surface area contributed by atoms with Gasteiger partial charge in [-0.2, -0.15) is 0 Å². The third-order valence-electron chi connectivity index (χ3n) is 1.82. The minimum Gasteiger partial charge on any atom is -0.325 e. The molecule has 14 heavy (non-hydrogen) atoms. The van der Waals surface area contributed by atoms with Gasteiger partial charge in [0.2, 0.25) is 0 Å². The summed E-state index contributed by atoms with van der Waals surface area (Å²) in [5, 5.41) is 7.62. The van der Waals surface area contributed by atoms with Crippen molar-refractivity contribution in [2.24, 2.45) is 5.73 Å². The Hall–Kier alpha value is -1.75. The third kappa shape index (κ3) is 1.62. The molecule has 0 saturated carbocycles. The van der Waals surface area contributed by atoms with Gasteiger partial charge < -0.3 is 5.73 Å². The molecule has 0 aliphatic rings. The van der Waals surface area contributed by atoms with Gasteiger partial charge >= 0.3 is 0 Å². The summed E-state index contributed by atoms with van der Waals surface area (Å²) >= 11 is 0. The van der Waals surface area contributed by atoms with Crippen LogP contribution >= 0.6 is 0 Å². The van der Waals surface area contributed by atoms with Crippen LogP contribution in [0.15, 0.2) is 30.5 Å². The quantitative estimate of drug-likeness (QED) is 0.767. The third-order valence-corrected chi connectivity index (χ3v) is 1.82. The molecule has 0 aliphatic heterocycles. The van der Waals surface area contributed by atoms with Crippen molar-refractivity contribution in [3.63, 3.8) is 0 Å². The van der Waals surface area contributed by atoms with Crippen molar-refractivity contribution < 1.29 is 4.39 Å². The number of halogens is 1. The van der Waals surface area contributed by atoms with E-state index in [0.717, 1.165) is 0 Å². The average molecular weight is 192 g/mol. The van der Waals surface area contributed by atoms with Crippen LogP contribution in [0.5, 0.6) is 0 Å². The van der Waals surface area contributed by atoms with Gasteiger partial charge in [-0.3, -0.25) is 0 Å². The molecular weight excluding hydrogens is 183 g/mol. The Labute approximate surface area is 80.2 Å². The minimum absolute atomic E-state index is 0.299. The lowest BCUT2D eigenvalue weighted by Crippen LogP contribution is -1.96. The molecule has 1 aromatic carbocycles. The molecule has 2 aromatic rings. The summed E-state index contributed by atoms with van der Waals surface area (Å²) in [7, 11) is 0. The van der Waals surface area contributed by atoms with E-state index >= 15 is 0 Å². The molecule has 4 nitrogen and oxygen atoms in total. The van der Waals surface area contributed by atoms with Gasteiger partial charge in [-0.25, -0.2) is 9.07 Å². The van der Waals surface area contributed by atoms with E-state index in [1.54, 1.807) is 18.3 Å². The predicted molar refractivity (Wildman–Crippen MR) is 49.2 cm³/mol. The molecule has 0 atom stereocenters. The Balaban J connectivity index is 2.39. The van der Waals surface area contributed by atoms with Crippen LogP contribution in [-0.2, 0) is 6.54 Å². The van der Waals surface area contributed by atoms with Crippen LogP contribution in [0, 0.1) is 5.82 Å². The van der Waals surface area contributed by atoms with E-state index in [2.05, 4.69) is 10.3 Å². The summed E-state index contributed by atoms with van der Waals surface area (Å²) in [6.07, 6.45) is 1.68. The SMILES string of the molecule is NCc1cn(-c2cccc(F)c2)nn1. The van der Waals surface area contributed by atoms with Crippen LogP contribution in [0.1, 0.15) is 5.69 Å². The molecule has 0 fully saturated rings. The number of nitrogens with zero attached hydrogens (tertiary/aromatic N) is 3.